The van der Waals surface area contributed by atoms with Gasteiger partial charge in [0.2, 0.25) is 0 Å². The standard InChI is InChI=1S/C20H29N5O3S/c1-4-23(5-2)18-9-7-17(8-10-18)20(26)24-11-6-12-25(14-13-24)29(27,28)19-15-22(3)16-21-19/h7-10,15-16H,4-6,11-14H2,1-3H3. The zero-order valence-corrected chi connectivity index (χ0v) is 18.1. The van der Waals surface area contributed by atoms with Gasteiger partial charge in [0.15, 0.2) is 5.03 Å². The van der Waals surface area contributed by atoms with E-state index in [1.807, 2.05) is 24.3 Å². The van der Waals surface area contributed by atoms with Crippen LogP contribution in [0.25, 0.3) is 0 Å². The molecule has 3 rings (SSSR count). The van der Waals surface area contributed by atoms with E-state index in [1.54, 1.807) is 16.5 Å². The fourth-order valence-electron chi connectivity index (χ4n) is 3.58. The second kappa shape index (κ2) is 8.96. The van der Waals surface area contributed by atoms with Crippen molar-refractivity contribution in [3.8, 4) is 0 Å². The third-order valence-electron chi connectivity index (χ3n) is 5.27. The first-order chi connectivity index (χ1) is 13.9. The highest BCUT2D eigenvalue weighted by atomic mass is 32.2. The Labute approximate surface area is 172 Å². The van der Waals surface area contributed by atoms with Crippen LogP contribution < -0.4 is 4.90 Å². The molecule has 1 saturated heterocycles. The van der Waals surface area contributed by atoms with Crippen molar-refractivity contribution in [1.82, 2.24) is 18.8 Å². The second-order valence-electron chi connectivity index (χ2n) is 7.15. The summed E-state index contributed by atoms with van der Waals surface area (Å²) in [6.07, 6.45) is 3.57. The number of aromatic nitrogens is 2. The molecule has 1 aliphatic rings. The zero-order valence-electron chi connectivity index (χ0n) is 17.3. The highest BCUT2D eigenvalue weighted by Gasteiger charge is 2.30. The number of carbonyl (C=O) groups excluding carboxylic acids is 1. The van der Waals surface area contributed by atoms with Gasteiger partial charge < -0.3 is 14.4 Å². The maximum Gasteiger partial charge on any atom is 0.262 e. The van der Waals surface area contributed by atoms with Crippen molar-refractivity contribution in [2.45, 2.75) is 25.3 Å². The molecule has 0 radical (unpaired) electrons. The summed E-state index contributed by atoms with van der Waals surface area (Å²) >= 11 is 0. The van der Waals surface area contributed by atoms with Crippen LogP contribution in [0, 0.1) is 0 Å². The van der Waals surface area contributed by atoms with Crippen molar-refractivity contribution < 1.29 is 13.2 Å². The van der Waals surface area contributed by atoms with Gasteiger partial charge in [-0.25, -0.2) is 13.4 Å². The quantitative estimate of drug-likeness (QED) is 0.713. The topological polar surface area (TPSA) is 78.8 Å². The van der Waals surface area contributed by atoms with Gasteiger partial charge in [-0.2, -0.15) is 4.31 Å². The van der Waals surface area contributed by atoms with Crippen LogP contribution in [0.3, 0.4) is 0 Å². The molecule has 0 bridgehead atoms. The maximum atomic E-state index is 12.9. The second-order valence-corrected chi connectivity index (χ2v) is 9.03. The SMILES string of the molecule is CCN(CC)c1ccc(C(=O)N2CCCN(S(=O)(=O)c3cn(C)cn3)CC2)cc1. The first-order valence-electron chi connectivity index (χ1n) is 9.99. The van der Waals surface area contributed by atoms with E-state index in [2.05, 4.69) is 23.7 Å². The summed E-state index contributed by atoms with van der Waals surface area (Å²) < 4.78 is 28.6. The van der Waals surface area contributed by atoms with Gasteiger partial charge >= 0.3 is 0 Å². The molecular weight excluding hydrogens is 390 g/mol. The fourth-order valence-corrected chi connectivity index (χ4v) is 5.01. The van der Waals surface area contributed by atoms with Gasteiger partial charge in [-0.1, -0.05) is 0 Å². The Bertz CT molecular complexity index is 935. The smallest absolute Gasteiger partial charge is 0.262 e. The van der Waals surface area contributed by atoms with Gasteiger partial charge in [0, 0.05) is 63.8 Å². The van der Waals surface area contributed by atoms with Crippen LogP contribution in [0.1, 0.15) is 30.6 Å². The first kappa shape index (κ1) is 21.3. The van der Waals surface area contributed by atoms with Gasteiger partial charge in [0.05, 0.1) is 6.33 Å². The van der Waals surface area contributed by atoms with Crippen molar-refractivity contribution in [2.24, 2.45) is 7.05 Å². The molecule has 1 aliphatic heterocycles. The summed E-state index contributed by atoms with van der Waals surface area (Å²) in [4.78, 5) is 20.9. The molecule has 2 aromatic rings. The minimum atomic E-state index is -3.64. The molecule has 0 saturated carbocycles. The van der Waals surface area contributed by atoms with Gasteiger partial charge in [-0.15, -0.1) is 0 Å². The average molecular weight is 420 g/mol. The van der Waals surface area contributed by atoms with Crippen LogP contribution in [-0.4, -0.2) is 72.3 Å². The van der Waals surface area contributed by atoms with Crippen LogP contribution in [-0.2, 0) is 17.1 Å². The number of anilines is 1. The molecule has 2 heterocycles. The first-order valence-corrected chi connectivity index (χ1v) is 11.4. The summed E-state index contributed by atoms with van der Waals surface area (Å²) in [5.41, 5.74) is 1.72. The lowest BCUT2D eigenvalue weighted by atomic mass is 10.1. The summed E-state index contributed by atoms with van der Waals surface area (Å²) in [5, 5.41) is 0.0479. The molecule has 1 aromatic heterocycles. The van der Waals surface area contributed by atoms with Crippen molar-refractivity contribution in [2.75, 3.05) is 44.2 Å². The minimum absolute atomic E-state index is 0.0479. The predicted octanol–water partition coefficient (Wildman–Crippen LogP) is 1.80. The summed E-state index contributed by atoms with van der Waals surface area (Å²) in [6, 6.07) is 7.64. The predicted molar refractivity (Wildman–Crippen MR) is 112 cm³/mol. The number of hydrogen-bond acceptors (Lipinski definition) is 5. The molecule has 8 nitrogen and oxygen atoms in total. The Kier molecular flexibility index (Phi) is 6.59. The number of amides is 1. The van der Waals surface area contributed by atoms with E-state index < -0.39 is 10.0 Å². The fraction of sp³-hybridized carbons (Fsp3) is 0.500. The summed E-state index contributed by atoms with van der Waals surface area (Å²) in [6.45, 7) is 7.57. The van der Waals surface area contributed by atoms with Crippen LogP contribution in [0.2, 0.25) is 0 Å². The molecule has 9 heteroatoms. The third-order valence-corrected chi connectivity index (χ3v) is 7.05. The number of carbonyl (C=O) groups is 1. The number of hydrogen-bond donors (Lipinski definition) is 0. The lowest BCUT2D eigenvalue weighted by Gasteiger charge is -2.23. The van der Waals surface area contributed by atoms with Crippen molar-refractivity contribution in [3.05, 3.63) is 42.4 Å². The van der Waals surface area contributed by atoms with Crippen LogP contribution in [0.5, 0.6) is 0 Å². The van der Waals surface area contributed by atoms with E-state index in [-0.39, 0.29) is 17.5 Å². The lowest BCUT2D eigenvalue weighted by molar-refractivity contribution is 0.0764. The highest BCUT2D eigenvalue weighted by Crippen LogP contribution is 2.19. The molecule has 29 heavy (non-hydrogen) atoms. The summed E-state index contributed by atoms with van der Waals surface area (Å²) in [5.74, 6) is -0.0619. The van der Waals surface area contributed by atoms with E-state index in [1.165, 1.54) is 16.8 Å². The molecule has 0 spiro atoms. The molecule has 0 unspecified atom stereocenters. The Morgan fingerprint density at radius 1 is 1.07 bits per heavy atom. The monoisotopic (exact) mass is 419 g/mol. The van der Waals surface area contributed by atoms with Gasteiger partial charge in [-0.05, 0) is 44.5 Å². The van der Waals surface area contributed by atoms with Crippen molar-refractivity contribution in [3.63, 3.8) is 0 Å². The Morgan fingerprint density at radius 2 is 1.76 bits per heavy atom. The van der Waals surface area contributed by atoms with Crippen LogP contribution in [0.4, 0.5) is 5.69 Å². The molecular formula is C20H29N5O3S. The van der Waals surface area contributed by atoms with E-state index in [4.69, 9.17) is 0 Å². The number of sulfonamides is 1. The Morgan fingerprint density at radius 3 is 2.34 bits per heavy atom. The maximum absolute atomic E-state index is 12.9. The van der Waals surface area contributed by atoms with E-state index in [0.717, 1.165) is 18.8 Å². The molecule has 1 fully saturated rings. The molecule has 1 aromatic carbocycles. The lowest BCUT2D eigenvalue weighted by Crippen LogP contribution is -2.37. The number of imidazole rings is 1. The number of nitrogens with zero attached hydrogens (tertiary/aromatic N) is 5. The zero-order chi connectivity index (χ0) is 21.0. The van der Waals surface area contributed by atoms with Crippen molar-refractivity contribution in [1.29, 1.82) is 0 Å². The van der Waals surface area contributed by atoms with Gasteiger partial charge in [-0.3, -0.25) is 4.79 Å². The normalized spacial score (nSPS) is 15.9. The number of aryl methyl sites for hydroxylation is 1. The van der Waals surface area contributed by atoms with E-state index in [0.29, 0.717) is 31.6 Å². The van der Waals surface area contributed by atoms with E-state index in [9.17, 15) is 13.2 Å². The molecule has 0 atom stereocenters. The minimum Gasteiger partial charge on any atom is -0.372 e. The van der Waals surface area contributed by atoms with Crippen LogP contribution >= 0.6 is 0 Å². The Balaban J connectivity index is 1.68. The molecule has 158 valence electrons. The van der Waals surface area contributed by atoms with Gasteiger partial charge in [0.1, 0.15) is 0 Å². The third kappa shape index (κ3) is 4.62. The highest BCUT2D eigenvalue weighted by molar-refractivity contribution is 7.89. The summed E-state index contributed by atoms with van der Waals surface area (Å²) in [7, 11) is -1.90. The number of rotatable bonds is 6. The van der Waals surface area contributed by atoms with Gasteiger partial charge in [0.25, 0.3) is 15.9 Å². The van der Waals surface area contributed by atoms with Crippen molar-refractivity contribution >= 4 is 21.6 Å². The molecule has 0 aliphatic carbocycles. The molecule has 1 amide bonds. The van der Waals surface area contributed by atoms with E-state index >= 15 is 0 Å². The Hall–Kier alpha value is -2.39. The largest absolute Gasteiger partial charge is 0.372 e. The average Bonchev–Trinajstić information content (AvgIpc) is 3.01. The number of benzene rings is 1. The van der Waals surface area contributed by atoms with Crippen LogP contribution in [0.15, 0.2) is 41.8 Å². The molecule has 0 N–H and O–H groups in total.